The monoisotopic (exact) mass is 321 g/mol. The highest BCUT2D eigenvalue weighted by molar-refractivity contribution is 5.79. The minimum Gasteiger partial charge on any atom is -0.356 e. The molecule has 7 nitrogen and oxygen atoms in total. The molecule has 1 aliphatic rings. The van der Waals surface area contributed by atoms with Gasteiger partial charge < -0.3 is 15.5 Å². The van der Waals surface area contributed by atoms with Gasteiger partial charge >= 0.3 is 0 Å². The molecule has 1 saturated heterocycles. The molecule has 2 atom stereocenters. The van der Waals surface area contributed by atoms with E-state index in [2.05, 4.69) is 44.5 Å². The first-order valence-electron chi connectivity index (χ1n) is 8.58. The molecule has 0 aliphatic carbocycles. The number of likely N-dealkylation sites (tertiary alicyclic amines) is 1. The number of aryl methyl sites for hydroxylation is 1. The zero-order valence-electron chi connectivity index (χ0n) is 14.9. The molecule has 0 amide bonds. The summed E-state index contributed by atoms with van der Waals surface area (Å²) in [6.07, 6.45) is 4.06. The largest absolute Gasteiger partial charge is 0.356 e. The maximum absolute atomic E-state index is 4.25. The van der Waals surface area contributed by atoms with Gasteiger partial charge in [0.1, 0.15) is 12.2 Å². The number of hydrogen-bond acceptors (Lipinski definition) is 4. The van der Waals surface area contributed by atoms with Crippen molar-refractivity contribution < 1.29 is 0 Å². The molecule has 1 aromatic heterocycles. The summed E-state index contributed by atoms with van der Waals surface area (Å²) >= 11 is 0. The van der Waals surface area contributed by atoms with Gasteiger partial charge in [0.05, 0.1) is 6.54 Å². The van der Waals surface area contributed by atoms with Crippen LogP contribution in [0.25, 0.3) is 0 Å². The predicted molar refractivity (Wildman–Crippen MR) is 93.2 cm³/mol. The third-order valence-electron chi connectivity index (χ3n) is 4.33. The number of rotatable bonds is 6. The Morgan fingerprint density at radius 3 is 2.65 bits per heavy atom. The summed E-state index contributed by atoms with van der Waals surface area (Å²) in [7, 11) is 3.68. The summed E-state index contributed by atoms with van der Waals surface area (Å²) in [6.45, 7) is 9.91. The number of nitrogens with one attached hydrogen (secondary N) is 2. The lowest BCUT2D eigenvalue weighted by Crippen LogP contribution is -2.41. The van der Waals surface area contributed by atoms with Crippen molar-refractivity contribution in [2.75, 3.05) is 33.2 Å². The van der Waals surface area contributed by atoms with E-state index in [-0.39, 0.29) is 0 Å². The first kappa shape index (κ1) is 17.7. The molecule has 0 aromatic carbocycles. The lowest BCUT2D eigenvalue weighted by atomic mass is 9.92. The van der Waals surface area contributed by atoms with E-state index in [1.165, 1.54) is 19.5 Å². The molecule has 130 valence electrons. The van der Waals surface area contributed by atoms with Gasteiger partial charge in [-0.3, -0.25) is 9.67 Å². The van der Waals surface area contributed by atoms with Crippen LogP contribution in [0.4, 0.5) is 0 Å². The van der Waals surface area contributed by atoms with Crippen LogP contribution in [0.1, 0.15) is 32.5 Å². The molecule has 1 fully saturated rings. The van der Waals surface area contributed by atoms with E-state index in [1.807, 2.05) is 7.05 Å². The maximum Gasteiger partial charge on any atom is 0.191 e. The molecule has 0 radical (unpaired) electrons. The van der Waals surface area contributed by atoms with Crippen LogP contribution >= 0.6 is 0 Å². The van der Waals surface area contributed by atoms with E-state index in [4.69, 9.17) is 0 Å². The van der Waals surface area contributed by atoms with Crippen molar-refractivity contribution in [3.63, 3.8) is 0 Å². The van der Waals surface area contributed by atoms with Crippen molar-refractivity contribution >= 4 is 5.96 Å². The lowest BCUT2D eigenvalue weighted by Gasteiger charge is -2.35. The highest BCUT2D eigenvalue weighted by Crippen LogP contribution is 2.20. The molecular weight excluding hydrogens is 290 g/mol. The Labute approximate surface area is 139 Å². The topological polar surface area (TPSA) is 70.4 Å². The highest BCUT2D eigenvalue weighted by Gasteiger charge is 2.20. The van der Waals surface area contributed by atoms with E-state index in [0.29, 0.717) is 6.54 Å². The van der Waals surface area contributed by atoms with Crippen LogP contribution in [0.3, 0.4) is 0 Å². The Morgan fingerprint density at radius 2 is 2.04 bits per heavy atom. The summed E-state index contributed by atoms with van der Waals surface area (Å²) in [5, 5.41) is 10.7. The van der Waals surface area contributed by atoms with Crippen LogP contribution < -0.4 is 10.6 Å². The molecule has 2 unspecified atom stereocenters. The number of guanidine groups is 1. The molecule has 2 heterocycles. The average molecular weight is 321 g/mol. The average Bonchev–Trinajstić information content (AvgIpc) is 2.91. The molecule has 23 heavy (non-hydrogen) atoms. The Morgan fingerprint density at radius 1 is 1.30 bits per heavy atom. The molecule has 2 rings (SSSR count). The second-order valence-electron chi connectivity index (χ2n) is 6.71. The zero-order valence-corrected chi connectivity index (χ0v) is 14.9. The van der Waals surface area contributed by atoms with Crippen LogP contribution in [0.15, 0.2) is 11.3 Å². The van der Waals surface area contributed by atoms with E-state index in [9.17, 15) is 0 Å². The highest BCUT2D eigenvalue weighted by atomic mass is 15.3. The van der Waals surface area contributed by atoms with Gasteiger partial charge in [0, 0.05) is 33.7 Å². The second-order valence-corrected chi connectivity index (χ2v) is 6.71. The SMILES string of the molecule is CN=C(NCCCN1CC(C)CC(C)C1)NCc1ncnn1C. The Kier molecular flexibility index (Phi) is 6.83. The summed E-state index contributed by atoms with van der Waals surface area (Å²) in [5.74, 6) is 3.36. The summed E-state index contributed by atoms with van der Waals surface area (Å²) in [6, 6.07) is 0. The molecule has 1 aromatic rings. The first-order valence-corrected chi connectivity index (χ1v) is 8.58. The van der Waals surface area contributed by atoms with Crippen molar-refractivity contribution in [3.05, 3.63) is 12.2 Å². The van der Waals surface area contributed by atoms with Gasteiger partial charge in [-0.15, -0.1) is 0 Å². The Hall–Kier alpha value is -1.63. The standard InChI is InChI=1S/C16H31N7/c1-13-8-14(2)11-23(10-13)7-5-6-18-16(17-3)19-9-15-20-12-21-22(15)4/h12-14H,5-11H2,1-4H3,(H2,17,18,19). The Balaban J connectivity index is 1.63. The summed E-state index contributed by atoms with van der Waals surface area (Å²) in [5.41, 5.74) is 0. The fourth-order valence-corrected chi connectivity index (χ4v) is 3.35. The predicted octanol–water partition coefficient (Wildman–Crippen LogP) is 0.848. The number of hydrogen-bond donors (Lipinski definition) is 2. The quantitative estimate of drug-likeness (QED) is 0.462. The van der Waals surface area contributed by atoms with E-state index < -0.39 is 0 Å². The van der Waals surface area contributed by atoms with E-state index in [0.717, 1.165) is 43.1 Å². The zero-order chi connectivity index (χ0) is 16.7. The number of piperidine rings is 1. The van der Waals surface area contributed by atoms with Crippen molar-refractivity contribution in [1.82, 2.24) is 30.3 Å². The minimum atomic E-state index is 0.622. The van der Waals surface area contributed by atoms with Crippen LogP contribution in [-0.2, 0) is 13.6 Å². The molecule has 0 saturated carbocycles. The Bertz CT molecular complexity index is 486. The van der Waals surface area contributed by atoms with E-state index in [1.54, 1.807) is 18.1 Å². The molecule has 0 spiro atoms. The van der Waals surface area contributed by atoms with Crippen molar-refractivity contribution in [2.24, 2.45) is 23.9 Å². The van der Waals surface area contributed by atoms with Crippen LogP contribution in [0, 0.1) is 11.8 Å². The maximum atomic E-state index is 4.25. The number of nitrogens with zero attached hydrogens (tertiary/aromatic N) is 5. The fraction of sp³-hybridized carbons (Fsp3) is 0.812. The van der Waals surface area contributed by atoms with Gasteiger partial charge in [0.15, 0.2) is 5.96 Å². The molecule has 7 heteroatoms. The smallest absolute Gasteiger partial charge is 0.191 e. The van der Waals surface area contributed by atoms with Crippen LogP contribution in [0.2, 0.25) is 0 Å². The fourth-order valence-electron chi connectivity index (χ4n) is 3.35. The third kappa shape index (κ3) is 5.82. The molecule has 2 N–H and O–H groups in total. The van der Waals surface area contributed by atoms with Crippen molar-refractivity contribution in [1.29, 1.82) is 0 Å². The van der Waals surface area contributed by atoms with E-state index >= 15 is 0 Å². The van der Waals surface area contributed by atoms with Crippen LogP contribution in [-0.4, -0.2) is 58.9 Å². The van der Waals surface area contributed by atoms with Crippen molar-refractivity contribution in [2.45, 2.75) is 33.2 Å². The lowest BCUT2D eigenvalue weighted by molar-refractivity contribution is 0.140. The van der Waals surface area contributed by atoms with Gasteiger partial charge in [-0.05, 0) is 31.2 Å². The first-order chi connectivity index (χ1) is 11.1. The van der Waals surface area contributed by atoms with Crippen molar-refractivity contribution in [3.8, 4) is 0 Å². The number of aliphatic imine (C=N–C) groups is 1. The van der Waals surface area contributed by atoms with Gasteiger partial charge in [0.25, 0.3) is 0 Å². The van der Waals surface area contributed by atoms with Gasteiger partial charge in [0.2, 0.25) is 0 Å². The minimum absolute atomic E-state index is 0.622. The molecule has 1 aliphatic heterocycles. The van der Waals surface area contributed by atoms with Crippen LogP contribution in [0.5, 0.6) is 0 Å². The second kappa shape index (κ2) is 8.86. The number of aromatic nitrogens is 3. The summed E-state index contributed by atoms with van der Waals surface area (Å²) < 4.78 is 1.76. The third-order valence-corrected chi connectivity index (χ3v) is 4.33. The molecular formula is C16H31N7. The van der Waals surface area contributed by atoms with Gasteiger partial charge in [-0.1, -0.05) is 13.8 Å². The summed E-state index contributed by atoms with van der Waals surface area (Å²) in [4.78, 5) is 11.0. The normalized spacial score (nSPS) is 23.0. The molecule has 0 bridgehead atoms. The van der Waals surface area contributed by atoms with Gasteiger partial charge in [-0.2, -0.15) is 5.10 Å². The van der Waals surface area contributed by atoms with Gasteiger partial charge in [-0.25, -0.2) is 4.98 Å².